The Balaban J connectivity index is 2.74. The van der Waals surface area contributed by atoms with Crippen LogP contribution in [0.15, 0.2) is 24.3 Å². The van der Waals surface area contributed by atoms with Crippen molar-refractivity contribution in [1.82, 2.24) is 5.32 Å². The van der Waals surface area contributed by atoms with Crippen LogP contribution in [0.5, 0.6) is 0 Å². The summed E-state index contributed by atoms with van der Waals surface area (Å²) in [5.74, 6) is 0.463. The number of nitrogens with one attached hydrogen (secondary N) is 1. The van der Waals surface area contributed by atoms with Crippen LogP contribution < -0.4 is 5.32 Å². The third kappa shape index (κ3) is 6.25. The molecule has 0 amide bonds. The van der Waals surface area contributed by atoms with Crippen LogP contribution in [-0.2, 0) is 4.74 Å². The molecule has 0 bridgehead atoms. The van der Waals surface area contributed by atoms with E-state index in [-0.39, 0.29) is 5.60 Å². The molecular formula is C17H28ClNO. The van der Waals surface area contributed by atoms with Gasteiger partial charge >= 0.3 is 0 Å². The molecule has 0 fully saturated rings. The Hall–Kier alpha value is -0.570. The normalized spacial score (nSPS) is 13.8. The van der Waals surface area contributed by atoms with E-state index in [1.807, 2.05) is 12.1 Å². The van der Waals surface area contributed by atoms with E-state index in [1.54, 1.807) is 7.11 Å². The summed E-state index contributed by atoms with van der Waals surface area (Å²) in [6.07, 6.45) is 2.11. The summed E-state index contributed by atoms with van der Waals surface area (Å²) in [5, 5.41) is 4.34. The van der Waals surface area contributed by atoms with Crippen LogP contribution in [0.1, 0.15) is 52.0 Å². The van der Waals surface area contributed by atoms with E-state index in [9.17, 15) is 0 Å². The number of ether oxygens (including phenoxy) is 1. The molecule has 1 unspecified atom stereocenters. The van der Waals surface area contributed by atoms with Crippen molar-refractivity contribution in [3.05, 3.63) is 34.9 Å². The van der Waals surface area contributed by atoms with E-state index < -0.39 is 0 Å². The molecule has 0 radical (unpaired) electrons. The predicted octanol–water partition coefficient (Wildman–Crippen LogP) is 4.63. The maximum Gasteiger partial charge on any atom is 0.0623 e. The summed E-state index contributed by atoms with van der Waals surface area (Å²) in [6, 6.07) is 8.69. The van der Waals surface area contributed by atoms with Gasteiger partial charge in [0.1, 0.15) is 0 Å². The first-order valence-electron chi connectivity index (χ1n) is 7.38. The molecule has 1 aromatic rings. The molecule has 0 aliphatic rings. The lowest BCUT2D eigenvalue weighted by Gasteiger charge is -2.27. The second-order valence-corrected chi connectivity index (χ2v) is 6.75. The number of halogens is 1. The highest BCUT2D eigenvalue weighted by Gasteiger charge is 2.20. The van der Waals surface area contributed by atoms with Gasteiger partial charge in [-0.3, -0.25) is 0 Å². The van der Waals surface area contributed by atoms with E-state index in [1.165, 1.54) is 5.56 Å². The van der Waals surface area contributed by atoms with Gasteiger partial charge in [-0.25, -0.2) is 0 Å². The van der Waals surface area contributed by atoms with Gasteiger partial charge in [-0.1, -0.05) is 37.6 Å². The number of methoxy groups -OCH3 is 1. The molecule has 0 aliphatic heterocycles. The maximum atomic E-state index is 6.12. The van der Waals surface area contributed by atoms with Gasteiger partial charge < -0.3 is 10.1 Å². The first-order chi connectivity index (χ1) is 9.34. The molecule has 20 heavy (non-hydrogen) atoms. The van der Waals surface area contributed by atoms with Crippen molar-refractivity contribution in [1.29, 1.82) is 0 Å². The van der Waals surface area contributed by atoms with Gasteiger partial charge in [0, 0.05) is 24.7 Å². The lowest BCUT2D eigenvalue weighted by molar-refractivity contribution is 0.0124. The monoisotopic (exact) mass is 297 g/mol. The largest absolute Gasteiger partial charge is 0.379 e. The minimum Gasteiger partial charge on any atom is -0.379 e. The molecule has 0 saturated heterocycles. The van der Waals surface area contributed by atoms with Crippen molar-refractivity contribution in [2.45, 2.75) is 58.1 Å². The van der Waals surface area contributed by atoms with Crippen molar-refractivity contribution in [2.24, 2.45) is 0 Å². The second-order valence-electron chi connectivity index (χ2n) is 6.32. The molecule has 3 heteroatoms. The zero-order valence-electron chi connectivity index (χ0n) is 13.4. The number of hydrogen-bond acceptors (Lipinski definition) is 2. The average Bonchev–Trinajstić information content (AvgIpc) is 2.38. The fourth-order valence-electron chi connectivity index (χ4n) is 2.15. The Bertz CT molecular complexity index is 404. The fraction of sp³-hybridized carbons (Fsp3) is 0.647. The average molecular weight is 298 g/mol. The topological polar surface area (TPSA) is 21.3 Å². The zero-order chi connectivity index (χ0) is 15.2. The minimum absolute atomic E-state index is 0.0747. The zero-order valence-corrected chi connectivity index (χ0v) is 14.1. The molecule has 1 aromatic carbocycles. The molecule has 1 N–H and O–H groups in total. The Labute approximate surface area is 128 Å². The van der Waals surface area contributed by atoms with Crippen LogP contribution in [0.3, 0.4) is 0 Å². The third-order valence-corrected chi connectivity index (χ3v) is 3.98. The molecule has 0 heterocycles. The number of benzene rings is 1. The summed E-state index contributed by atoms with van der Waals surface area (Å²) in [7, 11) is 1.78. The molecule has 0 saturated carbocycles. The summed E-state index contributed by atoms with van der Waals surface area (Å²) in [5.41, 5.74) is 1.23. The lowest BCUT2D eigenvalue weighted by atomic mass is 9.89. The van der Waals surface area contributed by atoms with E-state index >= 15 is 0 Å². The van der Waals surface area contributed by atoms with E-state index in [2.05, 4.69) is 45.1 Å². The summed E-state index contributed by atoms with van der Waals surface area (Å²) in [6.45, 7) is 9.59. The number of hydrogen-bond donors (Lipinski definition) is 1. The summed E-state index contributed by atoms with van der Waals surface area (Å²) >= 11 is 6.12. The maximum absolute atomic E-state index is 6.12. The predicted molar refractivity (Wildman–Crippen MR) is 87.7 cm³/mol. The van der Waals surface area contributed by atoms with Crippen LogP contribution in [0.4, 0.5) is 0 Å². The highest BCUT2D eigenvalue weighted by Crippen LogP contribution is 2.27. The highest BCUT2D eigenvalue weighted by atomic mass is 35.5. The van der Waals surface area contributed by atoms with Crippen molar-refractivity contribution < 1.29 is 4.74 Å². The van der Waals surface area contributed by atoms with E-state index in [0.29, 0.717) is 12.0 Å². The number of rotatable bonds is 8. The van der Waals surface area contributed by atoms with Gasteiger partial charge in [-0.15, -0.1) is 0 Å². The molecule has 114 valence electrons. The van der Waals surface area contributed by atoms with Crippen molar-refractivity contribution in [3.8, 4) is 0 Å². The van der Waals surface area contributed by atoms with Gasteiger partial charge in [0.15, 0.2) is 0 Å². The van der Waals surface area contributed by atoms with Gasteiger partial charge in [0.25, 0.3) is 0 Å². The Morgan fingerprint density at radius 3 is 2.55 bits per heavy atom. The summed E-state index contributed by atoms with van der Waals surface area (Å²) < 4.78 is 5.53. The fourth-order valence-corrected chi connectivity index (χ4v) is 2.35. The quantitative estimate of drug-likeness (QED) is 0.755. The smallest absolute Gasteiger partial charge is 0.0623 e. The van der Waals surface area contributed by atoms with Crippen molar-refractivity contribution >= 4 is 11.6 Å². The highest BCUT2D eigenvalue weighted by molar-refractivity contribution is 6.30. The first-order valence-corrected chi connectivity index (χ1v) is 7.76. The molecule has 1 atom stereocenters. The van der Waals surface area contributed by atoms with Gasteiger partial charge in [-0.2, -0.15) is 0 Å². The van der Waals surface area contributed by atoms with Gasteiger partial charge in [0.05, 0.1) is 5.60 Å². The van der Waals surface area contributed by atoms with Crippen molar-refractivity contribution in [3.63, 3.8) is 0 Å². The molecule has 0 spiro atoms. The first kappa shape index (κ1) is 17.5. The Morgan fingerprint density at radius 1 is 1.30 bits per heavy atom. The third-order valence-electron chi connectivity index (χ3n) is 3.74. The molecular weight excluding hydrogens is 270 g/mol. The van der Waals surface area contributed by atoms with Crippen LogP contribution in [0, 0.1) is 0 Å². The van der Waals surface area contributed by atoms with Crippen LogP contribution >= 0.6 is 11.6 Å². The Kier molecular flexibility index (Phi) is 7.01. The van der Waals surface area contributed by atoms with Crippen LogP contribution in [0.25, 0.3) is 0 Å². The minimum atomic E-state index is -0.0747. The standard InChI is InChI=1S/C17H28ClNO/c1-13(2)19-12-15(9-10-17(3,4)20-5)14-7-6-8-16(18)11-14/h6-8,11,13,15,19H,9-10,12H2,1-5H3. The summed E-state index contributed by atoms with van der Waals surface area (Å²) in [4.78, 5) is 0. The van der Waals surface area contributed by atoms with E-state index in [4.69, 9.17) is 16.3 Å². The van der Waals surface area contributed by atoms with Crippen LogP contribution in [-0.4, -0.2) is 25.3 Å². The van der Waals surface area contributed by atoms with E-state index in [0.717, 1.165) is 24.4 Å². The molecule has 1 rings (SSSR count). The second kappa shape index (κ2) is 8.02. The lowest BCUT2D eigenvalue weighted by Crippen LogP contribution is -2.30. The molecule has 2 nitrogen and oxygen atoms in total. The molecule has 0 aromatic heterocycles. The molecule has 0 aliphatic carbocycles. The Morgan fingerprint density at radius 2 is 2.00 bits per heavy atom. The van der Waals surface area contributed by atoms with Gasteiger partial charge in [-0.05, 0) is 50.3 Å². The van der Waals surface area contributed by atoms with Crippen LogP contribution in [0.2, 0.25) is 5.02 Å². The van der Waals surface area contributed by atoms with Crippen molar-refractivity contribution in [2.75, 3.05) is 13.7 Å². The van der Waals surface area contributed by atoms with Gasteiger partial charge in [0.2, 0.25) is 0 Å². The SMILES string of the molecule is COC(C)(C)CCC(CNC(C)C)c1cccc(Cl)c1.